The van der Waals surface area contributed by atoms with E-state index in [-0.39, 0.29) is 5.91 Å². The first-order valence-electron chi connectivity index (χ1n) is 7.92. The summed E-state index contributed by atoms with van der Waals surface area (Å²) in [7, 11) is 1.77. The van der Waals surface area contributed by atoms with Crippen molar-refractivity contribution in [3.63, 3.8) is 0 Å². The number of benzene rings is 1. The van der Waals surface area contributed by atoms with Crippen molar-refractivity contribution in [2.75, 3.05) is 5.32 Å². The lowest BCUT2D eigenvalue weighted by molar-refractivity contribution is 0.102. The highest BCUT2D eigenvalue weighted by Gasteiger charge is 2.21. The van der Waals surface area contributed by atoms with Crippen LogP contribution in [0, 0.1) is 0 Å². The van der Waals surface area contributed by atoms with Crippen LogP contribution in [-0.2, 0) is 19.9 Å². The third kappa shape index (κ3) is 2.55. The molecule has 1 amide bonds. The fourth-order valence-electron chi connectivity index (χ4n) is 3.07. The number of nitrogens with zero attached hydrogens (tertiary/aromatic N) is 5. The maximum absolute atomic E-state index is 12.6. The Morgan fingerprint density at radius 1 is 1.29 bits per heavy atom. The average Bonchev–Trinajstić information content (AvgIpc) is 3.21. The zero-order valence-corrected chi connectivity index (χ0v) is 13.3. The Hall–Kier alpha value is -3.03. The quantitative estimate of drug-likeness (QED) is 0.764. The van der Waals surface area contributed by atoms with Crippen molar-refractivity contribution < 1.29 is 4.79 Å². The van der Waals surface area contributed by atoms with Gasteiger partial charge in [-0.25, -0.2) is 4.68 Å². The Labute approximate surface area is 138 Å². The molecule has 2 heterocycles. The highest BCUT2D eigenvalue weighted by atomic mass is 16.1. The first-order valence-corrected chi connectivity index (χ1v) is 7.92. The number of aryl methyl sites for hydroxylation is 2. The summed E-state index contributed by atoms with van der Waals surface area (Å²) in [4.78, 5) is 12.6. The van der Waals surface area contributed by atoms with Gasteiger partial charge >= 0.3 is 0 Å². The van der Waals surface area contributed by atoms with Gasteiger partial charge in [0.15, 0.2) is 11.5 Å². The Morgan fingerprint density at radius 2 is 2.17 bits per heavy atom. The molecule has 0 spiro atoms. The van der Waals surface area contributed by atoms with Crippen LogP contribution < -0.4 is 5.32 Å². The minimum atomic E-state index is -0.192. The molecule has 0 aliphatic heterocycles. The van der Waals surface area contributed by atoms with Gasteiger partial charge in [-0.2, -0.15) is 5.10 Å². The SMILES string of the molecule is Cn1nnnc1-c1cccc(NC(=O)c2n[nH]c3c2CCCC3)c1. The standard InChI is InChI=1S/C16H17N7O/c1-23-15(20-21-22-23)10-5-4-6-11(9-10)17-16(24)14-12-7-2-3-8-13(12)18-19-14/h4-6,9H,2-3,7-8H2,1H3,(H,17,24)(H,18,19). The molecule has 4 rings (SSSR count). The molecule has 1 aliphatic rings. The highest BCUT2D eigenvalue weighted by Crippen LogP contribution is 2.24. The van der Waals surface area contributed by atoms with Gasteiger partial charge in [0.1, 0.15) is 0 Å². The van der Waals surface area contributed by atoms with E-state index in [1.165, 1.54) is 0 Å². The molecule has 2 aromatic heterocycles. The van der Waals surface area contributed by atoms with Crippen LogP contribution in [0.4, 0.5) is 5.69 Å². The summed E-state index contributed by atoms with van der Waals surface area (Å²) >= 11 is 0. The van der Waals surface area contributed by atoms with Gasteiger partial charge in [0.2, 0.25) is 0 Å². The smallest absolute Gasteiger partial charge is 0.276 e. The van der Waals surface area contributed by atoms with E-state index >= 15 is 0 Å². The largest absolute Gasteiger partial charge is 0.321 e. The van der Waals surface area contributed by atoms with E-state index in [4.69, 9.17) is 0 Å². The van der Waals surface area contributed by atoms with Crippen LogP contribution in [0.2, 0.25) is 0 Å². The number of aromatic amines is 1. The Bertz CT molecular complexity index is 895. The minimum absolute atomic E-state index is 0.192. The Balaban J connectivity index is 1.58. The molecule has 8 heteroatoms. The van der Waals surface area contributed by atoms with Crippen LogP contribution in [0.25, 0.3) is 11.4 Å². The molecule has 0 fully saturated rings. The number of aromatic nitrogens is 6. The molecule has 0 unspecified atom stereocenters. The van der Waals surface area contributed by atoms with E-state index in [2.05, 4.69) is 31.0 Å². The molecule has 1 aromatic carbocycles. The zero-order valence-electron chi connectivity index (χ0n) is 13.3. The van der Waals surface area contributed by atoms with Gasteiger partial charge in [0.25, 0.3) is 5.91 Å². The molecule has 122 valence electrons. The molecule has 1 aliphatic carbocycles. The lowest BCUT2D eigenvalue weighted by atomic mass is 9.96. The summed E-state index contributed by atoms with van der Waals surface area (Å²) in [6, 6.07) is 7.45. The van der Waals surface area contributed by atoms with Crippen LogP contribution in [0.3, 0.4) is 0 Å². The minimum Gasteiger partial charge on any atom is -0.321 e. The molecule has 2 N–H and O–H groups in total. The summed E-state index contributed by atoms with van der Waals surface area (Å²) < 4.78 is 1.59. The number of H-pyrrole nitrogens is 1. The van der Waals surface area contributed by atoms with Crippen LogP contribution in [0.5, 0.6) is 0 Å². The molecule has 0 saturated carbocycles. The Kier molecular flexibility index (Phi) is 3.56. The van der Waals surface area contributed by atoms with Crippen molar-refractivity contribution in [3.8, 4) is 11.4 Å². The summed E-state index contributed by atoms with van der Waals surface area (Å²) in [6.45, 7) is 0. The number of carbonyl (C=O) groups excluding carboxylic acids is 1. The number of amides is 1. The van der Waals surface area contributed by atoms with Gasteiger partial charge in [0, 0.05) is 29.6 Å². The number of nitrogens with one attached hydrogen (secondary N) is 2. The van der Waals surface area contributed by atoms with Crippen molar-refractivity contribution in [1.29, 1.82) is 0 Å². The van der Waals surface area contributed by atoms with Gasteiger partial charge in [0.05, 0.1) is 0 Å². The van der Waals surface area contributed by atoms with Crippen molar-refractivity contribution in [2.24, 2.45) is 7.05 Å². The van der Waals surface area contributed by atoms with E-state index in [1.807, 2.05) is 24.3 Å². The zero-order chi connectivity index (χ0) is 16.5. The summed E-state index contributed by atoms with van der Waals surface area (Å²) in [6.07, 6.45) is 4.11. The molecular weight excluding hydrogens is 306 g/mol. The van der Waals surface area contributed by atoms with E-state index in [1.54, 1.807) is 11.7 Å². The molecule has 8 nitrogen and oxygen atoms in total. The lowest BCUT2D eigenvalue weighted by Gasteiger charge is -2.11. The summed E-state index contributed by atoms with van der Waals surface area (Å²) in [5.41, 5.74) is 4.16. The second-order valence-electron chi connectivity index (χ2n) is 5.90. The molecule has 0 bridgehead atoms. The van der Waals surface area contributed by atoms with E-state index in [0.717, 1.165) is 42.5 Å². The average molecular weight is 323 g/mol. The number of hydrogen-bond donors (Lipinski definition) is 2. The second-order valence-corrected chi connectivity index (χ2v) is 5.90. The molecule has 0 atom stereocenters. The first kappa shape index (κ1) is 14.6. The number of rotatable bonds is 3. The fraction of sp³-hybridized carbons (Fsp3) is 0.312. The number of hydrogen-bond acceptors (Lipinski definition) is 5. The molecule has 3 aromatic rings. The predicted molar refractivity (Wildman–Crippen MR) is 87.4 cm³/mol. The second kappa shape index (κ2) is 5.88. The maximum atomic E-state index is 12.6. The topological polar surface area (TPSA) is 101 Å². The van der Waals surface area contributed by atoms with Gasteiger partial charge in [-0.15, -0.1) is 5.10 Å². The third-order valence-electron chi connectivity index (χ3n) is 4.27. The van der Waals surface area contributed by atoms with Gasteiger partial charge in [-0.3, -0.25) is 9.89 Å². The van der Waals surface area contributed by atoms with Gasteiger partial charge in [-0.1, -0.05) is 12.1 Å². The predicted octanol–water partition coefficient (Wildman–Crippen LogP) is 1.73. The summed E-state index contributed by atoms with van der Waals surface area (Å²) in [5, 5.41) is 21.6. The third-order valence-corrected chi connectivity index (χ3v) is 4.27. The van der Waals surface area contributed by atoms with Crippen molar-refractivity contribution in [3.05, 3.63) is 41.2 Å². The van der Waals surface area contributed by atoms with Crippen LogP contribution >= 0.6 is 0 Å². The van der Waals surface area contributed by atoms with E-state index < -0.39 is 0 Å². The fourth-order valence-corrected chi connectivity index (χ4v) is 3.07. The molecule has 0 radical (unpaired) electrons. The monoisotopic (exact) mass is 323 g/mol. The highest BCUT2D eigenvalue weighted by molar-refractivity contribution is 6.04. The Morgan fingerprint density at radius 3 is 3.00 bits per heavy atom. The van der Waals surface area contributed by atoms with E-state index in [0.29, 0.717) is 17.2 Å². The van der Waals surface area contributed by atoms with Crippen LogP contribution in [0.1, 0.15) is 34.6 Å². The number of tetrazole rings is 1. The van der Waals surface area contributed by atoms with Crippen molar-refractivity contribution >= 4 is 11.6 Å². The van der Waals surface area contributed by atoms with Crippen molar-refractivity contribution in [2.45, 2.75) is 25.7 Å². The van der Waals surface area contributed by atoms with Crippen LogP contribution in [0.15, 0.2) is 24.3 Å². The first-order chi connectivity index (χ1) is 11.7. The normalized spacial score (nSPS) is 13.5. The number of fused-ring (bicyclic) bond motifs is 1. The molecular formula is C16H17N7O. The van der Waals surface area contributed by atoms with E-state index in [9.17, 15) is 4.79 Å². The lowest BCUT2D eigenvalue weighted by Crippen LogP contribution is -2.15. The molecule has 0 saturated heterocycles. The number of carbonyl (C=O) groups is 1. The van der Waals surface area contributed by atoms with Crippen molar-refractivity contribution in [1.82, 2.24) is 30.4 Å². The molecule has 24 heavy (non-hydrogen) atoms. The van der Waals surface area contributed by atoms with Gasteiger partial charge < -0.3 is 5.32 Å². The van der Waals surface area contributed by atoms with Gasteiger partial charge in [-0.05, 0) is 48.2 Å². The number of anilines is 1. The van der Waals surface area contributed by atoms with Crippen LogP contribution in [-0.4, -0.2) is 36.3 Å². The summed E-state index contributed by atoms with van der Waals surface area (Å²) in [5.74, 6) is 0.450. The maximum Gasteiger partial charge on any atom is 0.276 e.